The molecule has 0 radical (unpaired) electrons. The molecule has 0 aliphatic carbocycles. The molecule has 5 heteroatoms. The second-order valence-electron chi connectivity index (χ2n) is 6.71. The van der Waals surface area contributed by atoms with Crippen LogP contribution in [0.3, 0.4) is 0 Å². The molecular formula is C19H30N4O. The molecule has 2 rings (SSSR count). The quantitative estimate of drug-likeness (QED) is 0.622. The fraction of sp³-hybridized carbons (Fsp3) is 0.579. The van der Waals surface area contributed by atoms with E-state index in [4.69, 9.17) is 4.99 Å². The van der Waals surface area contributed by atoms with E-state index in [0.29, 0.717) is 18.9 Å². The summed E-state index contributed by atoms with van der Waals surface area (Å²) >= 11 is 0. The Morgan fingerprint density at radius 1 is 1.29 bits per heavy atom. The topological polar surface area (TPSA) is 56.7 Å². The number of hydrogen-bond acceptors (Lipinski definition) is 2. The van der Waals surface area contributed by atoms with Crippen LogP contribution in [0.1, 0.15) is 45.6 Å². The maximum Gasteiger partial charge on any atom is 0.224 e. The molecule has 0 saturated carbocycles. The Morgan fingerprint density at radius 3 is 2.71 bits per heavy atom. The Balaban J connectivity index is 1.99. The molecule has 1 saturated heterocycles. The number of aliphatic imine (C=N–C) groups is 1. The highest BCUT2D eigenvalue weighted by molar-refractivity contribution is 5.90. The van der Waals surface area contributed by atoms with Gasteiger partial charge in [-0.3, -0.25) is 4.79 Å². The first-order valence-corrected chi connectivity index (χ1v) is 9.00. The summed E-state index contributed by atoms with van der Waals surface area (Å²) in [6.45, 7) is 9.84. The van der Waals surface area contributed by atoms with Crippen LogP contribution in [0.15, 0.2) is 29.3 Å². The zero-order valence-electron chi connectivity index (χ0n) is 15.1. The number of guanidine groups is 1. The molecule has 1 aliphatic heterocycles. The van der Waals surface area contributed by atoms with Gasteiger partial charge in [0.2, 0.25) is 5.91 Å². The van der Waals surface area contributed by atoms with Crippen molar-refractivity contribution in [1.29, 1.82) is 0 Å². The SMILES string of the molecule is CCNC(=NCc1cccc(NC(=O)CC(C)C)c1)N1CCCC1. The van der Waals surface area contributed by atoms with Crippen LogP contribution in [0.5, 0.6) is 0 Å². The molecule has 1 heterocycles. The molecule has 0 atom stereocenters. The lowest BCUT2D eigenvalue weighted by molar-refractivity contribution is -0.116. The third-order valence-electron chi connectivity index (χ3n) is 3.96. The van der Waals surface area contributed by atoms with E-state index < -0.39 is 0 Å². The molecule has 5 nitrogen and oxygen atoms in total. The largest absolute Gasteiger partial charge is 0.357 e. The van der Waals surface area contributed by atoms with Crippen molar-refractivity contribution in [3.8, 4) is 0 Å². The molecule has 0 bridgehead atoms. The molecule has 1 amide bonds. The standard InChI is InChI=1S/C19H30N4O/c1-4-20-19(23-10-5-6-11-23)21-14-16-8-7-9-17(13-16)22-18(24)12-15(2)3/h7-9,13,15H,4-6,10-12,14H2,1-3H3,(H,20,21)(H,22,24). The Labute approximate surface area is 145 Å². The van der Waals surface area contributed by atoms with Gasteiger partial charge in [-0.15, -0.1) is 0 Å². The number of nitrogens with one attached hydrogen (secondary N) is 2. The molecule has 1 aliphatic rings. The van der Waals surface area contributed by atoms with Crippen LogP contribution in [0.2, 0.25) is 0 Å². The van der Waals surface area contributed by atoms with Crippen LogP contribution in [-0.4, -0.2) is 36.4 Å². The second-order valence-corrected chi connectivity index (χ2v) is 6.71. The van der Waals surface area contributed by atoms with Gasteiger partial charge in [-0.05, 0) is 43.4 Å². The molecule has 1 fully saturated rings. The van der Waals surface area contributed by atoms with Crippen molar-refractivity contribution >= 4 is 17.6 Å². The fourth-order valence-corrected chi connectivity index (χ4v) is 2.85. The van der Waals surface area contributed by atoms with E-state index in [1.165, 1.54) is 12.8 Å². The van der Waals surface area contributed by atoms with Gasteiger partial charge in [0.25, 0.3) is 0 Å². The van der Waals surface area contributed by atoms with Gasteiger partial charge in [0.05, 0.1) is 6.54 Å². The highest BCUT2D eigenvalue weighted by atomic mass is 16.1. The van der Waals surface area contributed by atoms with Gasteiger partial charge in [-0.1, -0.05) is 26.0 Å². The van der Waals surface area contributed by atoms with Gasteiger partial charge in [0, 0.05) is 31.7 Å². The predicted molar refractivity (Wildman–Crippen MR) is 100 cm³/mol. The van der Waals surface area contributed by atoms with Crippen LogP contribution in [0, 0.1) is 5.92 Å². The van der Waals surface area contributed by atoms with Gasteiger partial charge in [-0.25, -0.2) is 4.99 Å². The van der Waals surface area contributed by atoms with E-state index in [1.807, 2.05) is 32.0 Å². The van der Waals surface area contributed by atoms with E-state index in [9.17, 15) is 4.79 Å². The average molecular weight is 330 g/mol. The molecule has 0 aromatic heterocycles. The Hall–Kier alpha value is -2.04. The lowest BCUT2D eigenvalue weighted by Crippen LogP contribution is -2.39. The summed E-state index contributed by atoms with van der Waals surface area (Å²) in [5.41, 5.74) is 1.95. The van der Waals surface area contributed by atoms with Gasteiger partial charge in [-0.2, -0.15) is 0 Å². The minimum atomic E-state index is 0.0658. The molecule has 1 aromatic carbocycles. The third kappa shape index (κ3) is 5.87. The van der Waals surface area contributed by atoms with Gasteiger partial charge >= 0.3 is 0 Å². The van der Waals surface area contributed by atoms with E-state index in [-0.39, 0.29) is 5.91 Å². The van der Waals surface area contributed by atoms with Crippen molar-refractivity contribution in [2.45, 2.75) is 46.6 Å². The number of carbonyl (C=O) groups excluding carboxylic acids is 1. The van der Waals surface area contributed by atoms with Crippen molar-refractivity contribution in [3.05, 3.63) is 29.8 Å². The van der Waals surface area contributed by atoms with Gasteiger partial charge in [0.1, 0.15) is 0 Å². The highest BCUT2D eigenvalue weighted by Gasteiger charge is 2.15. The van der Waals surface area contributed by atoms with Crippen molar-refractivity contribution in [2.24, 2.45) is 10.9 Å². The summed E-state index contributed by atoms with van der Waals surface area (Å²) < 4.78 is 0. The van der Waals surface area contributed by atoms with Gasteiger partial charge < -0.3 is 15.5 Å². The van der Waals surface area contributed by atoms with E-state index in [2.05, 4.69) is 28.5 Å². The van der Waals surface area contributed by atoms with E-state index >= 15 is 0 Å². The predicted octanol–water partition coefficient (Wildman–Crippen LogP) is 3.23. The molecule has 0 spiro atoms. The first-order chi connectivity index (χ1) is 11.6. The monoisotopic (exact) mass is 330 g/mol. The van der Waals surface area contributed by atoms with E-state index in [0.717, 1.165) is 36.8 Å². The number of nitrogens with zero attached hydrogens (tertiary/aromatic N) is 2. The zero-order chi connectivity index (χ0) is 17.4. The lowest BCUT2D eigenvalue weighted by atomic mass is 10.1. The van der Waals surface area contributed by atoms with Crippen molar-refractivity contribution in [3.63, 3.8) is 0 Å². The lowest BCUT2D eigenvalue weighted by Gasteiger charge is -2.20. The van der Waals surface area contributed by atoms with Crippen LogP contribution < -0.4 is 10.6 Å². The average Bonchev–Trinajstić information content (AvgIpc) is 3.05. The van der Waals surface area contributed by atoms with Crippen molar-refractivity contribution in [1.82, 2.24) is 10.2 Å². The molecule has 24 heavy (non-hydrogen) atoms. The number of amides is 1. The summed E-state index contributed by atoms with van der Waals surface area (Å²) in [6, 6.07) is 7.96. The third-order valence-corrected chi connectivity index (χ3v) is 3.96. The molecule has 0 unspecified atom stereocenters. The maximum atomic E-state index is 11.9. The van der Waals surface area contributed by atoms with E-state index in [1.54, 1.807) is 0 Å². The minimum absolute atomic E-state index is 0.0658. The summed E-state index contributed by atoms with van der Waals surface area (Å²) in [6.07, 6.45) is 3.02. The van der Waals surface area contributed by atoms with Gasteiger partial charge in [0.15, 0.2) is 5.96 Å². The van der Waals surface area contributed by atoms with Crippen LogP contribution >= 0.6 is 0 Å². The Kier molecular flexibility index (Phi) is 7.09. The fourth-order valence-electron chi connectivity index (χ4n) is 2.85. The number of anilines is 1. The highest BCUT2D eigenvalue weighted by Crippen LogP contribution is 2.14. The maximum absolute atomic E-state index is 11.9. The Bertz CT molecular complexity index is 562. The first-order valence-electron chi connectivity index (χ1n) is 9.00. The Morgan fingerprint density at radius 2 is 2.04 bits per heavy atom. The summed E-state index contributed by atoms with van der Waals surface area (Å²) in [5.74, 6) is 1.42. The summed E-state index contributed by atoms with van der Waals surface area (Å²) in [4.78, 5) is 19.0. The summed E-state index contributed by atoms with van der Waals surface area (Å²) in [5, 5.41) is 6.34. The van der Waals surface area contributed by atoms with Crippen molar-refractivity contribution in [2.75, 3.05) is 25.0 Å². The summed E-state index contributed by atoms with van der Waals surface area (Å²) in [7, 11) is 0. The van der Waals surface area contributed by atoms with Crippen molar-refractivity contribution < 1.29 is 4.79 Å². The second kappa shape index (κ2) is 9.30. The minimum Gasteiger partial charge on any atom is -0.357 e. The first kappa shape index (κ1) is 18.3. The molecular weight excluding hydrogens is 300 g/mol. The number of hydrogen-bond donors (Lipinski definition) is 2. The number of carbonyl (C=O) groups is 1. The number of rotatable bonds is 6. The molecule has 1 aromatic rings. The molecule has 132 valence electrons. The number of likely N-dealkylation sites (tertiary alicyclic amines) is 1. The normalized spacial score (nSPS) is 15.0. The number of benzene rings is 1. The molecule has 2 N–H and O–H groups in total. The van der Waals surface area contributed by atoms with Crippen LogP contribution in [-0.2, 0) is 11.3 Å². The smallest absolute Gasteiger partial charge is 0.224 e. The zero-order valence-corrected chi connectivity index (χ0v) is 15.1. The van der Waals surface area contributed by atoms with Crippen LogP contribution in [0.25, 0.3) is 0 Å². The van der Waals surface area contributed by atoms with Crippen LogP contribution in [0.4, 0.5) is 5.69 Å².